The van der Waals surface area contributed by atoms with Crippen LogP contribution < -0.4 is 34.9 Å². The minimum Gasteiger partial charge on any atom is -0.726 e. The Morgan fingerprint density at radius 2 is 1.52 bits per heavy atom. The van der Waals surface area contributed by atoms with E-state index in [0.717, 1.165) is 32.1 Å². The molecule has 10 unspecified atom stereocenters. The van der Waals surface area contributed by atoms with E-state index in [1.165, 1.54) is 13.8 Å². The van der Waals surface area contributed by atoms with Crippen molar-refractivity contribution in [2.45, 2.75) is 121 Å². The molecule has 0 spiro atoms. The normalized spacial score (nSPS) is 32.1. The summed E-state index contributed by atoms with van der Waals surface area (Å²) >= 11 is 0. The van der Waals surface area contributed by atoms with Gasteiger partial charge in [0.25, 0.3) is 0 Å². The van der Waals surface area contributed by atoms with Crippen LogP contribution >= 0.6 is 0 Å². The molecule has 2 aliphatic heterocycles. The molecule has 2 saturated heterocycles. The first-order valence-corrected chi connectivity index (χ1v) is 16.5. The van der Waals surface area contributed by atoms with E-state index in [4.69, 9.17) is 23.7 Å². The third-order valence-electron chi connectivity index (χ3n) is 7.84. The zero-order valence-electron chi connectivity index (χ0n) is 26.9. The van der Waals surface area contributed by atoms with Gasteiger partial charge in [-0.15, -0.1) is 0 Å². The van der Waals surface area contributed by atoms with E-state index in [1.54, 1.807) is 0 Å². The second kappa shape index (κ2) is 21.2. The Morgan fingerprint density at radius 3 is 2.09 bits per heavy atom. The van der Waals surface area contributed by atoms with Crippen molar-refractivity contribution in [3.05, 3.63) is 0 Å². The Labute approximate surface area is 292 Å². The number of aliphatic hydroxyl groups excluding tert-OH is 6. The van der Waals surface area contributed by atoms with E-state index in [2.05, 4.69) is 16.4 Å². The fourth-order valence-electron chi connectivity index (χ4n) is 5.05. The maximum Gasteiger partial charge on any atom is 1.00 e. The van der Waals surface area contributed by atoms with Gasteiger partial charge in [-0.25, -0.2) is 8.42 Å². The van der Waals surface area contributed by atoms with Crippen LogP contribution in [0, 0.1) is 5.41 Å². The molecule has 19 heteroatoms. The summed E-state index contributed by atoms with van der Waals surface area (Å²) in [7, 11) is -5.20. The molecular formula is C27H50NNaO16S. The third-order valence-corrected chi connectivity index (χ3v) is 8.24. The van der Waals surface area contributed by atoms with Crippen LogP contribution in [0.3, 0.4) is 0 Å². The first kappa shape index (κ1) is 43.9. The molecule has 1 amide bonds. The molecule has 17 nitrogen and oxygen atoms in total. The quantitative estimate of drug-likeness (QED) is 0.0271. The van der Waals surface area contributed by atoms with Gasteiger partial charge in [0.1, 0.15) is 42.7 Å². The number of unbranched alkanes of at least 4 members (excludes halogenated alkanes) is 5. The first-order chi connectivity index (χ1) is 21.2. The van der Waals surface area contributed by atoms with Gasteiger partial charge in [0, 0.05) is 13.5 Å². The average Bonchev–Trinajstić information content (AvgIpc) is 2.99. The fraction of sp³-hybridized carbons (Fsp3) is 0.963. The molecule has 0 saturated carbocycles. The van der Waals surface area contributed by atoms with Crippen LogP contribution in [0.1, 0.15) is 59.3 Å². The summed E-state index contributed by atoms with van der Waals surface area (Å²) < 4.78 is 67.0. The maximum absolute atomic E-state index is 12.3. The summed E-state index contributed by atoms with van der Waals surface area (Å²) in [4.78, 5) is 12.3. The molecule has 266 valence electrons. The monoisotopic (exact) mass is 699 g/mol. The van der Waals surface area contributed by atoms with Gasteiger partial charge in [-0.2, -0.15) is 0 Å². The van der Waals surface area contributed by atoms with E-state index in [1.807, 2.05) is 0 Å². The summed E-state index contributed by atoms with van der Waals surface area (Å²) in [6.07, 6.45) is -6.87. The van der Waals surface area contributed by atoms with Crippen molar-refractivity contribution < 1.29 is 106 Å². The SMILES string of the molecule is CCCCCCCCOC1OC(CO)C(OCC(CO)(CO)COS(=O)(=O)[O-])C(OC2OC(C)C(O)C(O)C2O)C1NC(C)=O.[Na+]. The minimum absolute atomic E-state index is 0. The molecule has 2 aliphatic rings. The van der Waals surface area contributed by atoms with Gasteiger partial charge in [0.2, 0.25) is 16.3 Å². The Balaban J connectivity index is 0.0000106. The van der Waals surface area contributed by atoms with Gasteiger partial charge in [0.15, 0.2) is 12.6 Å². The van der Waals surface area contributed by atoms with Crippen LogP contribution in [-0.2, 0) is 43.1 Å². The van der Waals surface area contributed by atoms with E-state index < -0.39 is 116 Å². The van der Waals surface area contributed by atoms with Crippen molar-refractivity contribution in [2.24, 2.45) is 5.41 Å². The predicted octanol–water partition coefficient (Wildman–Crippen LogP) is -5.36. The molecule has 0 aromatic heterocycles. The number of carbonyl (C=O) groups is 1. The summed E-state index contributed by atoms with van der Waals surface area (Å²) in [5.41, 5.74) is -1.83. The molecule has 0 bridgehead atoms. The topological polar surface area (TPSA) is 263 Å². The molecule has 2 rings (SSSR count). The number of aliphatic hydroxyl groups is 6. The number of carbonyl (C=O) groups excluding carboxylic acids is 1. The van der Waals surface area contributed by atoms with Gasteiger partial charge >= 0.3 is 29.6 Å². The van der Waals surface area contributed by atoms with Crippen molar-refractivity contribution in [3.63, 3.8) is 0 Å². The largest absolute Gasteiger partial charge is 1.00 e. The van der Waals surface area contributed by atoms with E-state index in [-0.39, 0.29) is 36.2 Å². The number of nitrogens with one attached hydrogen (secondary N) is 1. The Bertz CT molecular complexity index is 975. The number of hydrogen-bond acceptors (Lipinski definition) is 16. The van der Waals surface area contributed by atoms with Gasteiger partial charge in [-0.3, -0.25) is 8.98 Å². The van der Waals surface area contributed by atoms with Crippen LogP contribution in [0.4, 0.5) is 0 Å². The minimum atomic E-state index is -5.20. The van der Waals surface area contributed by atoms with Crippen LogP contribution in [-0.4, -0.2) is 151 Å². The molecule has 10 atom stereocenters. The number of hydrogen-bond donors (Lipinski definition) is 7. The Kier molecular flexibility index (Phi) is 20.2. The maximum atomic E-state index is 12.3. The van der Waals surface area contributed by atoms with Gasteiger partial charge in [-0.1, -0.05) is 39.0 Å². The number of amides is 1. The van der Waals surface area contributed by atoms with Gasteiger partial charge in [-0.05, 0) is 13.3 Å². The second-order valence-corrected chi connectivity index (χ2v) is 12.7. The molecule has 0 radical (unpaired) electrons. The molecule has 46 heavy (non-hydrogen) atoms. The van der Waals surface area contributed by atoms with Crippen molar-refractivity contribution >= 4 is 16.3 Å². The fourth-order valence-corrected chi connectivity index (χ4v) is 5.45. The van der Waals surface area contributed by atoms with Gasteiger partial charge in [0.05, 0.1) is 44.6 Å². The van der Waals surface area contributed by atoms with Gasteiger partial charge < -0.3 is 64.2 Å². The standard InChI is InChI=1S/C27H51NO16S.Na/c1-4-5-6-7-8-9-10-39-25-19(28-17(3)32)24(44-26-22(35)21(34)20(33)16(2)42-26)23(18(11-29)43-25)40-14-27(12-30,13-31)15-41-45(36,37)38;/h16,18-26,29-31,33-35H,4-15H2,1-3H3,(H,28,32)(H,36,37,38);/q;+1/p-1. The predicted molar refractivity (Wildman–Crippen MR) is 152 cm³/mol. The molecular weight excluding hydrogens is 649 g/mol. The van der Waals surface area contributed by atoms with E-state index in [9.17, 15) is 48.4 Å². The van der Waals surface area contributed by atoms with Crippen LogP contribution in [0.2, 0.25) is 0 Å². The summed E-state index contributed by atoms with van der Waals surface area (Å²) in [6, 6.07) is -1.18. The molecule has 0 aromatic carbocycles. The first-order valence-electron chi connectivity index (χ1n) is 15.2. The average molecular weight is 700 g/mol. The molecule has 2 heterocycles. The third kappa shape index (κ3) is 13.3. The van der Waals surface area contributed by atoms with Crippen molar-refractivity contribution in [1.29, 1.82) is 0 Å². The zero-order chi connectivity index (χ0) is 33.8. The smallest absolute Gasteiger partial charge is 0.726 e. The number of rotatable bonds is 20. The molecule has 0 aliphatic carbocycles. The van der Waals surface area contributed by atoms with Crippen LogP contribution in [0.5, 0.6) is 0 Å². The van der Waals surface area contributed by atoms with Crippen molar-refractivity contribution in [2.75, 3.05) is 39.6 Å². The molecule has 7 N–H and O–H groups in total. The molecule has 0 aromatic rings. The summed E-state index contributed by atoms with van der Waals surface area (Å²) in [5, 5.41) is 64.1. The van der Waals surface area contributed by atoms with Crippen LogP contribution in [0.15, 0.2) is 0 Å². The Morgan fingerprint density at radius 1 is 0.891 bits per heavy atom. The second-order valence-electron chi connectivity index (χ2n) is 11.6. The van der Waals surface area contributed by atoms with Crippen LogP contribution in [0.25, 0.3) is 0 Å². The van der Waals surface area contributed by atoms with E-state index in [0.29, 0.717) is 6.42 Å². The number of ether oxygens (including phenoxy) is 5. The van der Waals surface area contributed by atoms with Crippen molar-refractivity contribution in [3.8, 4) is 0 Å². The van der Waals surface area contributed by atoms with Crippen molar-refractivity contribution in [1.82, 2.24) is 5.32 Å². The molecule has 2 fully saturated rings. The van der Waals surface area contributed by atoms with E-state index >= 15 is 0 Å². The Hall–Kier alpha value is -0.100. The zero-order valence-corrected chi connectivity index (χ0v) is 29.7. The summed E-state index contributed by atoms with van der Waals surface area (Å²) in [6.45, 7) is 0.861. The summed E-state index contributed by atoms with van der Waals surface area (Å²) in [5.74, 6) is -0.547.